The van der Waals surface area contributed by atoms with Crippen molar-refractivity contribution in [1.82, 2.24) is 0 Å². The Hall–Kier alpha value is -0.530. The van der Waals surface area contributed by atoms with E-state index in [1.807, 2.05) is 0 Å². The summed E-state index contributed by atoms with van der Waals surface area (Å²) >= 11 is 0. The second-order valence-electron chi connectivity index (χ2n) is 4.85. The zero-order valence-electron chi connectivity index (χ0n) is 8.38. The van der Waals surface area contributed by atoms with E-state index in [2.05, 4.69) is 6.92 Å². The Morgan fingerprint density at radius 1 is 1.54 bits per heavy atom. The van der Waals surface area contributed by atoms with Crippen molar-refractivity contribution in [2.45, 2.75) is 45.4 Å². The number of amides is 1. The maximum Gasteiger partial charge on any atom is 0.223 e. The van der Waals surface area contributed by atoms with Crippen LogP contribution in [0, 0.1) is 17.3 Å². The van der Waals surface area contributed by atoms with E-state index in [9.17, 15) is 4.79 Å². The fourth-order valence-electron chi connectivity index (χ4n) is 3.62. The van der Waals surface area contributed by atoms with Gasteiger partial charge < -0.3 is 5.73 Å². The lowest BCUT2D eigenvalue weighted by atomic mass is 9.70. The van der Waals surface area contributed by atoms with Gasteiger partial charge in [-0.05, 0) is 37.5 Å². The summed E-state index contributed by atoms with van der Waals surface area (Å²) in [4.78, 5) is 11.5. The number of fused-ring (bicyclic) bond motifs is 2. The zero-order valence-corrected chi connectivity index (χ0v) is 8.38. The molecule has 2 bridgehead atoms. The maximum atomic E-state index is 11.5. The molecule has 0 aliphatic heterocycles. The summed E-state index contributed by atoms with van der Waals surface area (Å²) in [5.41, 5.74) is 5.47. The average Bonchev–Trinajstić information content (AvgIpc) is 2.64. The molecule has 13 heavy (non-hydrogen) atoms. The second-order valence-corrected chi connectivity index (χ2v) is 4.85. The van der Waals surface area contributed by atoms with Crippen LogP contribution in [-0.2, 0) is 4.79 Å². The fraction of sp³-hybridized carbons (Fsp3) is 0.909. The van der Waals surface area contributed by atoms with Crippen LogP contribution in [0.25, 0.3) is 0 Å². The molecule has 0 aromatic carbocycles. The molecule has 2 fully saturated rings. The Bertz CT molecular complexity index is 226. The Kier molecular flexibility index (Phi) is 2.09. The molecule has 0 saturated heterocycles. The Balaban J connectivity index is 2.20. The third-order valence-corrected chi connectivity index (χ3v) is 4.16. The third kappa shape index (κ3) is 1.18. The fourth-order valence-corrected chi connectivity index (χ4v) is 3.62. The highest BCUT2D eigenvalue weighted by atomic mass is 16.1. The van der Waals surface area contributed by atoms with Crippen LogP contribution in [-0.4, -0.2) is 5.91 Å². The highest BCUT2D eigenvalue weighted by Gasteiger charge is 2.53. The summed E-state index contributed by atoms with van der Waals surface area (Å²) in [6, 6.07) is 0. The highest BCUT2D eigenvalue weighted by molar-refractivity contribution is 5.81. The predicted molar refractivity (Wildman–Crippen MR) is 52.0 cm³/mol. The van der Waals surface area contributed by atoms with Crippen LogP contribution in [0.2, 0.25) is 0 Å². The van der Waals surface area contributed by atoms with Gasteiger partial charge in [-0.1, -0.05) is 19.8 Å². The van der Waals surface area contributed by atoms with E-state index >= 15 is 0 Å². The summed E-state index contributed by atoms with van der Waals surface area (Å²) in [7, 11) is 0. The molecule has 2 aliphatic carbocycles. The van der Waals surface area contributed by atoms with E-state index in [0.717, 1.165) is 25.2 Å². The molecule has 0 aromatic rings. The van der Waals surface area contributed by atoms with Crippen LogP contribution in [0.5, 0.6) is 0 Å². The van der Waals surface area contributed by atoms with Gasteiger partial charge in [0.1, 0.15) is 0 Å². The molecule has 2 nitrogen and oxygen atoms in total. The first-order valence-corrected chi connectivity index (χ1v) is 5.49. The molecule has 2 saturated carbocycles. The van der Waals surface area contributed by atoms with Gasteiger partial charge in [0, 0.05) is 0 Å². The maximum absolute atomic E-state index is 11.5. The van der Waals surface area contributed by atoms with Gasteiger partial charge in [0.25, 0.3) is 0 Å². The quantitative estimate of drug-likeness (QED) is 0.711. The number of hydrogen-bond donors (Lipinski definition) is 1. The van der Waals surface area contributed by atoms with E-state index in [-0.39, 0.29) is 11.3 Å². The molecule has 3 unspecified atom stereocenters. The average molecular weight is 181 g/mol. The van der Waals surface area contributed by atoms with Crippen molar-refractivity contribution in [3.8, 4) is 0 Å². The van der Waals surface area contributed by atoms with Crippen molar-refractivity contribution in [2.75, 3.05) is 0 Å². The number of primary amides is 1. The standard InChI is InChI=1S/C11H19NO/c1-2-5-11(10(12)13)7-8-3-4-9(11)6-8/h8-9H,2-7H2,1H3,(H2,12,13). The van der Waals surface area contributed by atoms with Crippen LogP contribution >= 0.6 is 0 Å². The monoisotopic (exact) mass is 181 g/mol. The normalized spacial score (nSPS) is 42.5. The summed E-state index contributed by atoms with van der Waals surface area (Å²) in [5, 5.41) is 0. The molecule has 0 heterocycles. The second kappa shape index (κ2) is 3.00. The molecule has 2 aliphatic rings. The van der Waals surface area contributed by atoms with Crippen molar-refractivity contribution >= 4 is 5.91 Å². The highest BCUT2D eigenvalue weighted by Crippen LogP contribution is 2.57. The van der Waals surface area contributed by atoms with Crippen LogP contribution in [0.1, 0.15) is 45.4 Å². The molecule has 2 heteroatoms. The van der Waals surface area contributed by atoms with Crippen molar-refractivity contribution in [2.24, 2.45) is 23.0 Å². The largest absolute Gasteiger partial charge is 0.369 e. The summed E-state index contributed by atoms with van der Waals surface area (Å²) in [6.07, 6.45) is 7.04. The smallest absolute Gasteiger partial charge is 0.223 e. The number of hydrogen-bond acceptors (Lipinski definition) is 1. The van der Waals surface area contributed by atoms with Gasteiger partial charge in [-0.25, -0.2) is 0 Å². The predicted octanol–water partition coefficient (Wildman–Crippen LogP) is 2.08. The van der Waals surface area contributed by atoms with E-state index in [1.165, 1.54) is 19.3 Å². The van der Waals surface area contributed by atoms with Crippen LogP contribution in [0.3, 0.4) is 0 Å². The Labute approximate surface area is 79.9 Å². The molecule has 0 radical (unpaired) electrons. The topological polar surface area (TPSA) is 43.1 Å². The van der Waals surface area contributed by atoms with Gasteiger partial charge in [0.2, 0.25) is 5.91 Å². The van der Waals surface area contributed by atoms with Gasteiger partial charge >= 0.3 is 0 Å². The van der Waals surface area contributed by atoms with E-state index in [1.54, 1.807) is 0 Å². The van der Waals surface area contributed by atoms with Crippen molar-refractivity contribution in [3.63, 3.8) is 0 Å². The third-order valence-electron chi connectivity index (χ3n) is 4.16. The van der Waals surface area contributed by atoms with Crippen molar-refractivity contribution in [3.05, 3.63) is 0 Å². The molecule has 2 rings (SSSR count). The lowest BCUT2D eigenvalue weighted by Crippen LogP contribution is -2.41. The zero-order chi connectivity index (χ0) is 9.47. The molecular formula is C11H19NO. The van der Waals surface area contributed by atoms with Gasteiger partial charge in [-0.15, -0.1) is 0 Å². The lowest BCUT2D eigenvalue weighted by Gasteiger charge is -2.34. The summed E-state index contributed by atoms with van der Waals surface area (Å²) in [5.74, 6) is 1.40. The SMILES string of the molecule is CCCC1(C(N)=O)CC2CCC1C2. The first-order chi connectivity index (χ1) is 6.19. The van der Waals surface area contributed by atoms with Gasteiger partial charge in [0.15, 0.2) is 0 Å². The minimum Gasteiger partial charge on any atom is -0.369 e. The van der Waals surface area contributed by atoms with E-state index < -0.39 is 0 Å². The van der Waals surface area contributed by atoms with Crippen molar-refractivity contribution < 1.29 is 4.79 Å². The van der Waals surface area contributed by atoms with E-state index in [4.69, 9.17) is 5.73 Å². The van der Waals surface area contributed by atoms with Gasteiger partial charge in [0.05, 0.1) is 5.41 Å². The minimum atomic E-state index is -0.0995. The number of nitrogens with two attached hydrogens (primary N) is 1. The van der Waals surface area contributed by atoms with Gasteiger partial charge in [-0.3, -0.25) is 4.79 Å². The molecule has 74 valence electrons. The number of carbonyl (C=O) groups excluding carboxylic acids is 1. The molecule has 2 N–H and O–H groups in total. The van der Waals surface area contributed by atoms with Crippen LogP contribution in [0.4, 0.5) is 0 Å². The first-order valence-electron chi connectivity index (χ1n) is 5.49. The molecule has 0 aromatic heterocycles. The lowest BCUT2D eigenvalue weighted by molar-refractivity contribution is -0.131. The minimum absolute atomic E-state index is 0.0263. The molecule has 0 spiro atoms. The van der Waals surface area contributed by atoms with E-state index in [0.29, 0.717) is 5.92 Å². The first kappa shape index (κ1) is 9.04. The van der Waals surface area contributed by atoms with Gasteiger partial charge in [-0.2, -0.15) is 0 Å². The molecular weight excluding hydrogens is 162 g/mol. The Morgan fingerprint density at radius 2 is 2.31 bits per heavy atom. The van der Waals surface area contributed by atoms with Crippen LogP contribution in [0.15, 0.2) is 0 Å². The number of carbonyl (C=O) groups is 1. The summed E-state index contributed by atoms with van der Waals surface area (Å²) < 4.78 is 0. The van der Waals surface area contributed by atoms with Crippen LogP contribution < -0.4 is 5.73 Å². The Morgan fingerprint density at radius 3 is 2.69 bits per heavy atom. The number of rotatable bonds is 3. The van der Waals surface area contributed by atoms with Crippen molar-refractivity contribution in [1.29, 1.82) is 0 Å². The summed E-state index contributed by atoms with van der Waals surface area (Å²) in [6.45, 7) is 2.15. The molecule has 3 atom stereocenters. The molecule has 1 amide bonds.